The van der Waals surface area contributed by atoms with E-state index in [4.69, 9.17) is 0 Å². The quantitative estimate of drug-likeness (QED) is 0.900. The van der Waals surface area contributed by atoms with Gasteiger partial charge < -0.3 is 10.6 Å². The molecule has 1 amide bonds. The zero-order valence-electron chi connectivity index (χ0n) is 11.6. The standard InChI is InChI=1S/C16H19N3O/c1-2-16(7-8-17-11-16)15(20)19-13-9-12-5-3-4-6-14(12)18-10-13/h3-6,9-10,17H,2,7-8,11H2,1H3,(H,19,20). The van der Waals surface area contributed by atoms with Crippen molar-refractivity contribution in [1.29, 1.82) is 0 Å². The maximum atomic E-state index is 12.5. The number of nitrogens with one attached hydrogen (secondary N) is 2. The van der Waals surface area contributed by atoms with Gasteiger partial charge in [0.1, 0.15) is 0 Å². The van der Waals surface area contributed by atoms with Crippen LogP contribution in [0, 0.1) is 5.41 Å². The van der Waals surface area contributed by atoms with Crippen molar-refractivity contribution in [1.82, 2.24) is 10.3 Å². The first kappa shape index (κ1) is 13.1. The predicted molar refractivity (Wildman–Crippen MR) is 80.6 cm³/mol. The SMILES string of the molecule is CCC1(C(=O)Nc2cnc3ccccc3c2)CCNC1. The first-order valence-electron chi connectivity index (χ1n) is 7.10. The number of hydrogen-bond acceptors (Lipinski definition) is 3. The highest BCUT2D eigenvalue weighted by Crippen LogP contribution is 2.31. The Hall–Kier alpha value is -1.94. The summed E-state index contributed by atoms with van der Waals surface area (Å²) in [5.41, 5.74) is 1.44. The Balaban J connectivity index is 1.83. The van der Waals surface area contributed by atoms with Crippen molar-refractivity contribution in [3.8, 4) is 0 Å². The Morgan fingerprint density at radius 1 is 1.45 bits per heavy atom. The average molecular weight is 269 g/mol. The zero-order valence-corrected chi connectivity index (χ0v) is 11.6. The number of carbonyl (C=O) groups is 1. The van der Waals surface area contributed by atoms with Crippen LogP contribution in [-0.4, -0.2) is 24.0 Å². The van der Waals surface area contributed by atoms with Gasteiger partial charge in [-0.1, -0.05) is 25.1 Å². The monoisotopic (exact) mass is 269 g/mol. The number of amides is 1. The van der Waals surface area contributed by atoms with Crippen molar-refractivity contribution < 1.29 is 4.79 Å². The summed E-state index contributed by atoms with van der Waals surface area (Å²) in [5.74, 6) is 0.0991. The number of fused-ring (bicyclic) bond motifs is 1. The molecule has 2 heterocycles. The second-order valence-corrected chi connectivity index (χ2v) is 5.43. The molecular formula is C16H19N3O. The van der Waals surface area contributed by atoms with Crippen LogP contribution in [0.2, 0.25) is 0 Å². The van der Waals surface area contributed by atoms with Crippen LogP contribution in [-0.2, 0) is 4.79 Å². The third-order valence-corrected chi connectivity index (χ3v) is 4.25. The molecule has 0 radical (unpaired) electrons. The van der Waals surface area contributed by atoms with Gasteiger partial charge in [-0.05, 0) is 31.5 Å². The van der Waals surface area contributed by atoms with Gasteiger partial charge in [0.15, 0.2) is 0 Å². The first-order valence-corrected chi connectivity index (χ1v) is 7.10. The third kappa shape index (κ3) is 2.27. The molecule has 20 heavy (non-hydrogen) atoms. The van der Waals surface area contributed by atoms with E-state index < -0.39 is 0 Å². The topological polar surface area (TPSA) is 54.0 Å². The van der Waals surface area contributed by atoms with Crippen molar-refractivity contribution in [2.24, 2.45) is 5.41 Å². The second-order valence-electron chi connectivity index (χ2n) is 5.43. The summed E-state index contributed by atoms with van der Waals surface area (Å²) in [6.07, 6.45) is 3.48. The largest absolute Gasteiger partial charge is 0.324 e. The fourth-order valence-corrected chi connectivity index (χ4v) is 2.80. The number of carbonyl (C=O) groups excluding carboxylic acids is 1. The molecule has 0 bridgehead atoms. The van der Waals surface area contributed by atoms with Gasteiger partial charge in [0, 0.05) is 11.9 Å². The molecule has 0 saturated carbocycles. The highest BCUT2D eigenvalue weighted by atomic mass is 16.2. The van der Waals surface area contributed by atoms with E-state index in [1.54, 1.807) is 6.20 Å². The van der Waals surface area contributed by atoms with Gasteiger partial charge in [-0.25, -0.2) is 0 Å². The van der Waals surface area contributed by atoms with Gasteiger partial charge >= 0.3 is 0 Å². The summed E-state index contributed by atoms with van der Waals surface area (Å²) < 4.78 is 0. The Kier molecular flexibility index (Phi) is 3.40. The van der Waals surface area contributed by atoms with Crippen LogP contribution >= 0.6 is 0 Å². The molecule has 0 aliphatic carbocycles. The summed E-state index contributed by atoms with van der Waals surface area (Å²) in [4.78, 5) is 16.9. The first-order chi connectivity index (χ1) is 9.73. The minimum Gasteiger partial charge on any atom is -0.324 e. The highest BCUT2D eigenvalue weighted by molar-refractivity contribution is 5.97. The fourth-order valence-electron chi connectivity index (χ4n) is 2.80. The summed E-state index contributed by atoms with van der Waals surface area (Å²) >= 11 is 0. The number of para-hydroxylation sites is 1. The van der Waals surface area contributed by atoms with Gasteiger partial charge in [-0.2, -0.15) is 0 Å². The zero-order chi connectivity index (χ0) is 14.0. The molecule has 1 atom stereocenters. The van der Waals surface area contributed by atoms with Gasteiger partial charge in [0.05, 0.1) is 22.8 Å². The lowest BCUT2D eigenvalue weighted by atomic mass is 9.83. The van der Waals surface area contributed by atoms with Crippen LogP contribution in [0.1, 0.15) is 19.8 Å². The maximum absolute atomic E-state index is 12.5. The number of hydrogen-bond donors (Lipinski definition) is 2. The lowest BCUT2D eigenvalue weighted by Gasteiger charge is -2.25. The van der Waals surface area contributed by atoms with Crippen LogP contribution in [0.25, 0.3) is 10.9 Å². The van der Waals surface area contributed by atoms with Crippen LogP contribution in [0.4, 0.5) is 5.69 Å². The summed E-state index contributed by atoms with van der Waals surface area (Å²) in [5, 5.41) is 7.35. The normalized spacial score (nSPS) is 22.1. The molecular weight excluding hydrogens is 250 g/mol. The van der Waals surface area contributed by atoms with E-state index in [2.05, 4.69) is 22.5 Å². The van der Waals surface area contributed by atoms with Crippen LogP contribution < -0.4 is 10.6 Å². The molecule has 4 nitrogen and oxygen atoms in total. The molecule has 0 spiro atoms. The lowest BCUT2D eigenvalue weighted by Crippen LogP contribution is -2.37. The number of aromatic nitrogens is 1. The van der Waals surface area contributed by atoms with Crippen LogP contribution in [0.5, 0.6) is 0 Å². The molecule has 1 aliphatic heterocycles. The van der Waals surface area contributed by atoms with Crippen LogP contribution in [0.3, 0.4) is 0 Å². The number of anilines is 1. The van der Waals surface area contributed by atoms with Crippen molar-refractivity contribution in [2.75, 3.05) is 18.4 Å². The molecule has 104 valence electrons. The number of benzene rings is 1. The van der Waals surface area contributed by atoms with Crippen molar-refractivity contribution in [3.05, 3.63) is 36.5 Å². The van der Waals surface area contributed by atoms with E-state index in [0.29, 0.717) is 0 Å². The van der Waals surface area contributed by atoms with E-state index in [9.17, 15) is 4.79 Å². The minimum absolute atomic E-state index is 0.0991. The Bertz CT molecular complexity index is 632. The maximum Gasteiger partial charge on any atom is 0.231 e. The highest BCUT2D eigenvalue weighted by Gasteiger charge is 2.39. The second kappa shape index (κ2) is 5.21. The number of pyridine rings is 1. The van der Waals surface area contributed by atoms with Gasteiger partial charge in [0.2, 0.25) is 5.91 Å². The van der Waals surface area contributed by atoms with E-state index in [1.807, 2.05) is 30.3 Å². The summed E-state index contributed by atoms with van der Waals surface area (Å²) in [6, 6.07) is 9.89. The molecule has 2 N–H and O–H groups in total. The lowest BCUT2D eigenvalue weighted by molar-refractivity contribution is -0.124. The molecule has 1 unspecified atom stereocenters. The predicted octanol–water partition coefficient (Wildman–Crippen LogP) is 2.56. The molecule has 3 rings (SSSR count). The molecule has 1 aromatic heterocycles. The van der Waals surface area contributed by atoms with Gasteiger partial charge in [-0.3, -0.25) is 9.78 Å². The van der Waals surface area contributed by atoms with Crippen molar-refractivity contribution in [3.63, 3.8) is 0 Å². The fraction of sp³-hybridized carbons (Fsp3) is 0.375. The summed E-state index contributed by atoms with van der Waals surface area (Å²) in [6.45, 7) is 3.75. The number of nitrogens with zero attached hydrogens (tertiary/aromatic N) is 1. The van der Waals surface area contributed by atoms with E-state index in [-0.39, 0.29) is 11.3 Å². The molecule has 1 aliphatic rings. The molecule has 2 aromatic rings. The van der Waals surface area contributed by atoms with Crippen LogP contribution in [0.15, 0.2) is 36.5 Å². The number of rotatable bonds is 3. The average Bonchev–Trinajstić information content (AvgIpc) is 2.97. The van der Waals surface area contributed by atoms with Crippen molar-refractivity contribution in [2.45, 2.75) is 19.8 Å². The Morgan fingerprint density at radius 2 is 2.30 bits per heavy atom. The molecule has 1 aromatic carbocycles. The third-order valence-electron chi connectivity index (χ3n) is 4.25. The van der Waals surface area contributed by atoms with E-state index in [0.717, 1.165) is 42.5 Å². The van der Waals surface area contributed by atoms with Crippen molar-refractivity contribution >= 4 is 22.5 Å². The Morgan fingerprint density at radius 3 is 3.05 bits per heavy atom. The van der Waals surface area contributed by atoms with E-state index in [1.165, 1.54) is 0 Å². The molecule has 4 heteroatoms. The minimum atomic E-state index is -0.272. The molecule has 1 saturated heterocycles. The summed E-state index contributed by atoms with van der Waals surface area (Å²) in [7, 11) is 0. The Labute approximate surface area is 118 Å². The van der Waals surface area contributed by atoms with E-state index >= 15 is 0 Å². The smallest absolute Gasteiger partial charge is 0.231 e. The molecule has 1 fully saturated rings. The van der Waals surface area contributed by atoms with Gasteiger partial charge in [-0.15, -0.1) is 0 Å². The van der Waals surface area contributed by atoms with Gasteiger partial charge in [0.25, 0.3) is 0 Å².